The standard InChI is InChI=1S/C23H38N6O/c1-2-3-10-27-12-14-28(15-13-27)23(30)9-6-19-5-4-11-29(17-19)22-16-21(24-18-25-22)26-20-7-8-20/h16,18-20H,2-15,17H2,1H3,(H,24,25,26). The largest absolute Gasteiger partial charge is 0.367 e. The normalized spacial score (nSPS) is 22.9. The highest BCUT2D eigenvalue weighted by Gasteiger charge is 2.26. The van der Waals surface area contributed by atoms with E-state index in [4.69, 9.17) is 0 Å². The highest BCUT2D eigenvalue weighted by atomic mass is 16.2. The molecule has 1 aromatic rings. The van der Waals surface area contributed by atoms with Crippen molar-refractivity contribution in [3.63, 3.8) is 0 Å². The molecule has 3 aliphatic rings. The number of nitrogens with one attached hydrogen (secondary N) is 1. The lowest BCUT2D eigenvalue weighted by Crippen LogP contribution is -2.49. The molecule has 2 aliphatic heterocycles. The summed E-state index contributed by atoms with van der Waals surface area (Å²) in [5, 5.41) is 3.47. The molecule has 3 fully saturated rings. The molecule has 0 spiro atoms. The first-order chi connectivity index (χ1) is 14.7. The van der Waals surface area contributed by atoms with Gasteiger partial charge in [-0.15, -0.1) is 0 Å². The molecule has 7 nitrogen and oxygen atoms in total. The molecule has 1 saturated carbocycles. The van der Waals surface area contributed by atoms with Crippen molar-refractivity contribution in [1.82, 2.24) is 19.8 Å². The van der Waals surface area contributed by atoms with Gasteiger partial charge in [0, 0.05) is 57.8 Å². The first-order valence-corrected chi connectivity index (χ1v) is 12.0. The molecule has 30 heavy (non-hydrogen) atoms. The lowest BCUT2D eigenvalue weighted by atomic mass is 9.93. The second-order valence-electron chi connectivity index (χ2n) is 9.25. The molecule has 2 saturated heterocycles. The molecule has 1 atom stereocenters. The van der Waals surface area contributed by atoms with Crippen molar-refractivity contribution in [3.05, 3.63) is 12.4 Å². The lowest BCUT2D eigenvalue weighted by Gasteiger charge is -2.36. The van der Waals surface area contributed by atoms with Gasteiger partial charge in [-0.25, -0.2) is 9.97 Å². The van der Waals surface area contributed by atoms with Gasteiger partial charge in [-0.2, -0.15) is 0 Å². The molecule has 1 N–H and O–H groups in total. The maximum Gasteiger partial charge on any atom is 0.222 e. The van der Waals surface area contributed by atoms with Gasteiger partial charge >= 0.3 is 0 Å². The molecular weight excluding hydrogens is 376 g/mol. The minimum absolute atomic E-state index is 0.347. The van der Waals surface area contributed by atoms with Crippen LogP contribution in [0.3, 0.4) is 0 Å². The van der Waals surface area contributed by atoms with E-state index in [0.717, 1.165) is 57.3 Å². The summed E-state index contributed by atoms with van der Waals surface area (Å²) in [6.07, 6.45) is 10.7. The second-order valence-corrected chi connectivity index (χ2v) is 9.25. The van der Waals surface area contributed by atoms with Crippen LogP contribution in [-0.2, 0) is 4.79 Å². The van der Waals surface area contributed by atoms with Crippen LogP contribution in [0, 0.1) is 5.92 Å². The van der Waals surface area contributed by atoms with Gasteiger partial charge in [-0.3, -0.25) is 9.69 Å². The number of carbonyl (C=O) groups is 1. The zero-order chi connectivity index (χ0) is 20.8. The third-order valence-electron chi connectivity index (χ3n) is 6.74. The predicted octanol–water partition coefficient (Wildman–Crippen LogP) is 2.99. The van der Waals surface area contributed by atoms with E-state index in [-0.39, 0.29) is 0 Å². The van der Waals surface area contributed by atoms with Gasteiger partial charge in [0.2, 0.25) is 5.91 Å². The van der Waals surface area contributed by atoms with Gasteiger partial charge in [-0.05, 0) is 51.0 Å². The SMILES string of the molecule is CCCCN1CCN(C(=O)CCC2CCCN(c3cc(NC4CC4)ncn3)C2)CC1. The molecule has 7 heteroatoms. The first kappa shape index (κ1) is 21.3. The van der Waals surface area contributed by atoms with Crippen LogP contribution in [-0.4, -0.2) is 77.5 Å². The Morgan fingerprint density at radius 3 is 2.73 bits per heavy atom. The summed E-state index contributed by atoms with van der Waals surface area (Å²) in [6.45, 7) is 9.33. The average Bonchev–Trinajstić information content (AvgIpc) is 3.61. The van der Waals surface area contributed by atoms with E-state index in [2.05, 4.69) is 43.0 Å². The Morgan fingerprint density at radius 2 is 1.97 bits per heavy atom. The van der Waals surface area contributed by atoms with Crippen molar-refractivity contribution in [2.75, 3.05) is 56.0 Å². The number of unbranched alkanes of at least 4 members (excludes halogenated alkanes) is 1. The molecule has 4 rings (SSSR count). The zero-order valence-corrected chi connectivity index (χ0v) is 18.6. The maximum atomic E-state index is 12.7. The Morgan fingerprint density at radius 1 is 1.13 bits per heavy atom. The Balaban J connectivity index is 1.21. The molecular formula is C23H38N6O. The molecule has 166 valence electrons. The van der Waals surface area contributed by atoms with Crippen molar-refractivity contribution in [2.45, 2.75) is 64.3 Å². The van der Waals surface area contributed by atoms with Crippen LogP contribution >= 0.6 is 0 Å². The van der Waals surface area contributed by atoms with Crippen LogP contribution in [0.1, 0.15) is 58.3 Å². The van der Waals surface area contributed by atoms with Crippen LogP contribution in [0.5, 0.6) is 0 Å². The molecule has 1 unspecified atom stereocenters. The highest BCUT2D eigenvalue weighted by Crippen LogP contribution is 2.28. The molecule has 3 heterocycles. The van der Waals surface area contributed by atoms with Crippen LogP contribution < -0.4 is 10.2 Å². The van der Waals surface area contributed by atoms with Gasteiger partial charge in [-0.1, -0.05) is 13.3 Å². The summed E-state index contributed by atoms with van der Waals surface area (Å²) in [4.78, 5) is 28.6. The Kier molecular flexibility index (Phi) is 7.42. The van der Waals surface area contributed by atoms with Gasteiger partial charge < -0.3 is 15.1 Å². The maximum absolute atomic E-state index is 12.7. The summed E-state index contributed by atoms with van der Waals surface area (Å²) in [5.74, 6) is 2.88. The van der Waals surface area contributed by atoms with Crippen molar-refractivity contribution in [3.8, 4) is 0 Å². The summed E-state index contributed by atoms with van der Waals surface area (Å²) < 4.78 is 0. The van der Waals surface area contributed by atoms with Gasteiger partial charge in [0.15, 0.2) is 0 Å². The van der Waals surface area contributed by atoms with Crippen LogP contribution in [0.15, 0.2) is 12.4 Å². The number of hydrogen-bond donors (Lipinski definition) is 1. The van der Waals surface area contributed by atoms with E-state index >= 15 is 0 Å². The van der Waals surface area contributed by atoms with Gasteiger partial charge in [0.25, 0.3) is 0 Å². The van der Waals surface area contributed by atoms with E-state index in [9.17, 15) is 4.79 Å². The molecule has 0 bridgehead atoms. The number of nitrogens with zero attached hydrogens (tertiary/aromatic N) is 5. The summed E-state index contributed by atoms with van der Waals surface area (Å²) in [6, 6.07) is 2.69. The predicted molar refractivity (Wildman–Crippen MR) is 121 cm³/mol. The quantitative estimate of drug-likeness (QED) is 0.670. The third-order valence-corrected chi connectivity index (χ3v) is 6.74. The van der Waals surface area contributed by atoms with E-state index < -0.39 is 0 Å². The summed E-state index contributed by atoms with van der Waals surface area (Å²) in [5.41, 5.74) is 0. The number of amides is 1. The minimum atomic E-state index is 0.347. The average molecular weight is 415 g/mol. The second kappa shape index (κ2) is 10.4. The number of piperidine rings is 1. The van der Waals surface area contributed by atoms with E-state index in [1.54, 1.807) is 6.33 Å². The van der Waals surface area contributed by atoms with Gasteiger partial charge in [0.1, 0.15) is 18.0 Å². The lowest BCUT2D eigenvalue weighted by molar-refractivity contribution is -0.133. The summed E-state index contributed by atoms with van der Waals surface area (Å²) in [7, 11) is 0. The topological polar surface area (TPSA) is 64.6 Å². The monoisotopic (exact) mass is 414 g/mol. The minimum Gasteiger partial charge on any atom is -0.367 e. The van der Waals surface area contributed by atoms with Crippen molar-refractivity contribution < 1.29 is 4.79 Å². The van der Waals surface area contributed by atoms with Crippen molar-refractivity contribution in [2.24, 2.45) is 5.92 Å². The van der Waals surface area contributed by atoms with E-state index in [1.807, 2.05) is 0 Å². The van der Waals surface area contributed by atoms with Crippen molar-refractivity contribution >= 4 is 17.5 Å². The number of rotatable bonds is 9. The Labute approximate surface area is 181 Å². The number of anilines is 2. The van der Waals surface area contributed by atoms with E-state index in [1.165, 1.54) is 45.1 Å². The Bertz CT molecular complexity index is 686. The number of piperazine rings is 1. The fraction of sp³-hybridized carbons (Fsp3) is 0.783. The number of aromatic nitrogens is 2. The number of carbonyl (C=O) groups excluding carboxylic acids is 1. The van der Waals surface area contributed by atoms with E-state index in [0.29, 0.717) is 24.3 Å². The highest BCUT2D eigenvalue weighted by molar-refractivity contribution is 5.76. The molecule has 1 aromatic heterocycles. The summed E-state index contributed by atoms with van der Waals surface area (Å²) >= 11 is 0. The van der Waals surface area contributed by atoms with Crippen molar-refractivity contribution in [1.29, 1.82) is 0 Å². The Hall–Kier alpha value is -1.89. The molecule has 1 amide bonds. The zero-order valence-electron chi connectivity index (χ0n) is 18.6. The molecule has 1 aliphatic carbocycles. The van der Waals surface area contributed by atoms with Crippen LogP contribution in [0.25, 0.3) is 0 Å². The number of hydrogen-bond acceptors (Lipinski definition) is 6. The first-order valence-electron chi connectivity index (χ1n) is 12.0. The fourth-order valence-corrected chi connectivity index (χ4v) is 4.63. The molecule has 0 radical (unpaired) electrons. The third kappa shape index (κ3) is 6.06. The van der Waals surface area contributed by atoms with Crippen LogP contribution in [0.2, 0.25) is 0 Å². The fourth-order valence-electron chi connectivity index (χ4n) is 4.63. The molecule has 0 aromatic carbocycles. The van der Waals surface area contributed by atoms with Gasteiger partial charge in [0.05, 0.1) is 0 Å². The smallest absolute Gasteiger partial charge is 0.222 e. The van der Waals surface area contributed by atoms with Crippen LogP contribution in [0.4, 0.5) is 11.6 Å².